The third-order valence-electron chi connectivity index (χ3n) is 1.93. The molecule has 0 spiro atoms. The van der Waals surface area contributed by atoms with Crippen LogP contribution >= 0.6 is 11.6 Å². The zero-order valence-electron chi connectivity index (χ0n) is 8.84. The SMILES string of the molecule is O=S(=O)(CCCCCl)NCCn1ccnn1. The predicted octanol–water partition coefficient (Wildman–Crippen LogP) is 0.216. The van der Waals surface area contributed by atoms with Crippen molar-refractivity contribution in [2.24, 2.45) is 0 Å². The van der Waals surface area contributed by atoms with E-state index in [4.69, 9.17) is 11.6 Å². The molecule has 0 amide bonds. The highest BCUT2D eigenvalue weighted by molar-refractivity contribution is 7.89. The monoisotopic (exact) mass is 266 g/mol. The molecule has 0 bridgehead atoms. The number of alkyl halides is 1. The van der Waals surface area contributed by atoms with Gasteiger partial charge in [-0.15, -0.1) is 16.7 Å². The number of sulfonamides is 1. The Kier molecular flexibility index (Phi) is 5.72. The van der Waals surface area contributed by atoms with Gasteiger partial charge in [0.15, 0.2) is 0 Å². The molecule has 1 aromatic rings. The molecule has 16 heavy (non-hydrogen) atoms. The average molecular weight is 267 g/mol. The van der Waals surface area contributed by atoms with Crippen molar-refractivity contribution < 1.29 is 8.42 Å². The first-order valence-corrected chi connectivity index (χ1v) is 7.20. The Labute approximate surface area is 100 Å². The molecule has 0 atom stereocenters. The van der Waals surface area contributed by atoms with Crippen LogP contribution in [0, 0.1) is 0 Å². The van der Waals surface area contributed by atoms with E-state index in [9.17, 15) is 8.42 Å². The van der Waals surface area contributed by atoms with Gasteiger partial charge in [0.1, 0.15) is 0 Å². The van der Waals surface area contributed by atoms with Crippen molar-refractivity contribution in [3.05, 3.63) is 12.4 Å². The minimum absolute atomic E-state index is 0.122. The van der Waals surface area contributed by atoms with Gasteiger partial charge in [-0.3, -0.25) is 4.68 Å². The largest absolute Gasteiger partial charge is 0.251 e. The zero-order chi connectivity index (χ0) is 11.9. The number of hydrogen-bond donors (Lipinski definition) is 1. The Bertz CT molecular complexity index is 379. The summed E-state index contributed by atoms with van der Waals surface area (Å²) in [6, 6.07) is 0. The lowest BCUT2D eigenvalue weighted by Gasteiger charge is -2.05. The summed E-state index contributed by atoms with van der Waals surface area (Å²) in [6.45, 7) is 0.807. The van der Waals surface area contributed by atoms with Gasteiger partial charge in [-0.25, -0.2) is 13.1 Å². The fourth-order valence-electron chi connectivity index (χ4n) is 1.13. The molecule has 0 unspecified atom stereocenters. The van der Waals surface area contributed by atoms with Crippen molar-refractivity contribution in [2.45, 2.75) is 19.4 Å². The Hall–Kier alpha value is -0.660. The van der Waals surface area contributed by atoms with Crippen molar-refractivity contribution in [1.82, 2.24) is 19.7 Å². The van der Waals surface area contributed by atoms with E-state index >= 15 is 0 Å². The minimum Gasteiger partial charge on any atom is -0.251 e. The summed E-state index contributed by atoms with van der Waals surface area (Å²) in [5, 5.41) is 7.34. The molecule has 0 saturated carbocycles. The van der Waals surface area contributed by atoms with E-state index in [0.717, 1.165) is 0 Å². The molecule has 1 heterocycles. The van der Waals surface area contributed by atoms with Crippen LogP contribution in [0.25, 0.3) is 0 Å². The van der Waals surface area contributed by atoms with Gasteiger partial charge in [-0.05, 0) is 12.8 Å². The van der Waals surface area contributed by atoms with Gasteiger partial charge >= 0.3 is 0 Å². The summed E-state index contributed by atoms with van der Waals surface area (Å²) >= 11 is 5.47. The normalized spacial score (nSPS) is 11.8. The highest BCUT2D eigenvalue weighted by Crippen LogP contribution is 1.96. The van der Waals surface area contributed by atoms with Crippen molar-refractivity contribution in [3.63, 3.8) is 0 Å². The van der Waals surface area contributed by atoms with Crippen LogP contribution in [-0.2, 0) is 16.6 Å². The van der Waals surface area contributed by atoms with Crippen LogP contribution in [-0.4, -0.2) is 41.6 Å². The van der Waals surface area contributed by atoms with Crippen molar-refractivity contribution in [2.75, 3.05) is 18.2 Å². The first-order valence-electron chi connectivity index (χ1n) is 5.01. The minimum atomic E-state index is -3.18. The number of halogens is 1. The zero-order valence-corrected chi connectivity index (χ0v) is 10.4. The molecule has 0 saturated heterocycles. The average Bonchev–Trinajstić information content (AvgIpc) is 2.70. The Balaban J connectivity index is 2.20. The number of unbranched alkanes of at least 4 members (excludes halogenated alkanes) is 1. The molecule has 0 aliphatic carbocycles. The Morgan fingerprint density at radius 1 is 1.38 bits per heavy atom. The quantitative estimate of drug-likeness (QED) is 0.539. The van der Waals surface area contributed by atoms with E-state index in [0.29, 0.717) is 31.8 Å². The van der Waals surface area contributed by atoms with Gasteiger partial charge in [-0.1, -0.05) is 5.21 Å². The van der Waals surface area contributed by atoms with E-state index in [1.807, 2.05) is 0 Å². The lowest BCUT2D eigenvalue weighted by Crippen LogP contribution is -2.29. The molecule has 0 aromatic carbocycles. The summed E-state index contributed by atoms with van der Waals surface area (Å²) < 4.78 is 26.9. The Morgan fingerprint density at radius 3 is 2.81 bits per heavy atom. The van der Waals surface area contributed by atoms with Gasteiger partial charge in [0, 0.05) is 18.6 Å². The summed E-state index contributed by atoms with van der Waals surface area (Å²) in [7, 11) is -3.18. The van der Waals surface area contributed by atoms with Crippen molar-refractivity contribution in [1.29, 1.82) is 0 Å². The highest BCUT2D eigenvalue weighted by Gasteiger charge is 2.08. The fourth-order valence-corrected chi connectivity index (χ4v) is 2.45. The molecule has 1 N–H and O–H groups in total. The molecule has 92 valence electrons. The fraction of sp³-hybridized carbons (Fsp3) is 0.750. The second-order valence-electron chi connectivity index (χ2n) is 3.28. The van der Waals surface area contributed by atoms with E-state index in [2.05, 4.69) is 15.0 Å². The molecular formula is C8H15ClN4O2S. The summed E-state index contributed by atoms with van der Waals surface area (Å²) in [5.74, 6) is 0.617. The number of hydrogen-bond acceptors (Lipinski definition) is 4. The molecule has 6 nitrogen and oxygen atoms in total. The maximum Gasteiger partial charge on any atom is 0.211 e. The number of nitrogens with one attached hydrogen (secondary N) is 1. The molecule has 0 fully saturated rings. The van der Waals surface area contributed by atoms with Gasteiger partial charge < -0.3 is 0 Å². The third kappa shape index (κ3) is 5.43. The maximum absolute atomic E-state index is 11.4. The molecule has 1 aromatic heterocycles. The molecule has 1 rings (SSSR count). The van der Waals surface area contributed by atoms with Gasteiger partial charge in [0.25, 0.3) is 0 Å². The van der Waals surface area contributed by atoms with Crippen molar-refractivity contribution >= 4 is 21.6 Å². The van der Waals surface area contributed by atoms with Crippen LogP contribution < -0.4 is 4.72 Å². The van der Waals surface area contributed by atoms with E-state index in [1.54, 1.807) is 17.1 Å². The Morgan fingerprint density at radius 2 is 2.19 bits per heavy atom. The standard InChI is InChI=1S/C8H15ClN4O2S/c9-3-1-2-8-16(14,15)11-5-7-13-6-4-10-12-13/h4,6,11H,1-3,5,7-8H2. The first kappa shape index (κ1) is 13.4. The molecule has 0 radical (unpaired) electrons. The smallest absolute Gasteiger partial charge is 0.211 e. The van der Waals surface area contributed by atoms with Crippen LogP contribution in [0.1, 0.15) is 12.8 Å². The van der Waals surface area contributed by atoms with Gasteiger partial charge in [0.2, 0.25) is 10.0 Å². The van der Waals surface area contributed by atoms with Crippen molar-refractivity contribution in [3.8, 4) is 0 Å². The van der Waals surface area contributed by atoms with E-state index in [-0.39, 0.29) is 5.75 Å². The second kappa shape index (κ2) is 6.82. The number of nitrogens with zero attached hydrogens (tertiary/aromatic N) is 3. The number of aromatic nitrogens is 3. The summed E-state index contributed by atoms with van der Waals surface area (Å²) in [5.41, 5.74) is 0. The second-order valence-corrected chi connectivity index (χ2v) is 5.58. The molecule has 0 aliphatic heterocycles. The lowest BCUT2D eigenvalue weighted by molar-refractivity contribution is 0.551. The summed E-state index contributed by atoms with van der Waals surface area (Å²) in [6.07, 6.45) is 4.53. The molecular weight excluding hydrogens is 252 g/mol. The third-order valence-corrected chi connectivity index (χ3v) is 3.67. The van der Waals surface area contributed by atoms with Crippen LogP contribution in [0.3, 0.4) is 0 Å². The predicted molar refractivity (Wildman–Crippen MR) is 61.8 cm³/mol. The number of rotatable bonds is 8. The van der Waals surface area contributed by atoms with E-state index < -0.39 is 10.0 Å². The van der Waals surface area contributed by atoms with Crippen LogP contribution in [0.4, 0.5) is 0 Å². The van der Waals surface area contributed by atoms with Crippen LogP contribution in [0.15, 0.2) is 12.4 Å². The van der Waals surface area contributed by atoms with E-state index in [1.165, 1.54) is 0 Å². The highest BCUT2D eigenvalue weighted by atomic mass is 35.5. The maximum atomic E-state index is 11.4. The lowest BCUT2D eigenvalue weighted by atomic mass is 10.4. The van der Waals surface area contributed by atoms with Gasteiger partial charge in [-0.2, -0.15) is 0 Å². The molecule has 8 heteroatoms. The first-order chi connectivity index (χ1) is 7.64. The van der Waals surface area contributed by atoms with Gasteiger partial charge in [0.05, 0.1) is 18.5 Å². The van der Waals surface area contributed by atoms with Crippen LogP contribution in [0.2, 0.25) is 0 Å². The van der Waals surface area contributed by atoms with Crippen LogP contribution in [0.5, 0.6) is 0 Å². The topological polar surface area (TPSA) is 76.9 Å². The molecule has 0 aliphatic rings. The summed E-state index contributed by atoms with van der Waals surface area (Å²) in [4.78, 5) is 0.